The molecule has 3 rings (SSSR count). The zero-order valence-corrected chi connectivity index (χ0v) is 14.9. The van der Waals surface area contributed by atoms with Gasteiger partial charge < -0.3 is 5.32 Å². The number of anilines is 1. The number of rotatable bonds is 5. The SMILES string of the molecule is C[C@@H](C(=O)NCCc1ccccc1F)N1C(=O)CCCc2ccccc21. The van der Waals surface area contributed by atoms with Crippen LogP contribution in [0.2, 0.25) is 0 Å². The average Bonchev–Trinajstić information content (AvgIpc) is 2.80. The van der Waals surface area contributed by atoms with Gasteiger partial charge in [-0.05, 0) is 49.4 Å². The third-order valence-corrected chi connectivity index (χ3v) is 4.77. The van der Waals surface area contributed by atoms with E-state index >= 15 is 0 Å². The van der Waals surface area contributed by atoms with E-state index in [0.717, 1.165) is 24.1 Å². The number of carbonyl (C=O) groups excluding carboxylic acids is 2. The van der Waals surface area contributed by atoms with Crippen molar-refractivity contribution < 1.29 is 14.0 Å². The van der Waals surface area contributed by atoms with E-state index in [0.29, 0.717) is 24.9 Å². The molecule has 5 heteroatoms. The molecule has 1 N–H and O–H groups in total. The largest absolute Gasteiger partial charge is 0.354 e. The average molecular weight is 354 g/mol. The summed E-state index contributed by atoms with van der Waals surface area (Å²) in [6.45, 7) is 2.06. The van der Waals surface area contributed by atoms with Crippen LogP contribution in [0.4, 0.5) is 10.1 Å². The predicted octanol–water partition coefficient (Wildman–Crippen LogP) is 3.24. The molecule has 1 aliphatic heterocycles. The maximum Gasteiger partial charge on any atom is 0.242 e. The van der Waals surface area contributed by atoms with Crippen LogP contribution in [0.3, 0.4) is 0 Å². The lowest BCUT2D eigenvalue weighted by molar-refractivity contribution is -0.126. The van der Waals surface area contributed by atoms with Gasteiger partial charge in [0.1, 0.15) is 11.9 Å². The van der Waals surface area contributed by atoms with Crippen LogP contribution in [-0.2, 0) is 22.4 Å². The minimum Gasteiger partial charge on any atom is -0.354 e. The molecule has 1 aliphatic rings. The first kappa shape index (κ1) is 18.1. The van der Waals surface area contributed by atoms with Crippen molar-refractivity contribution in [3.8, 4) is 0 Å². The Bertz CT molecular complexity index is 806. The standard InChI is InChI=1S/C21H23FN2O2/c1-15(21(26)23-14-13-16-7-2-4-10-18(16)22)24-19-11-5-3-8-17(19)9-6-12-20(24)25/h2-5,7-8,10-11,15H,6,9,12-14H2,1H3,(H,23,26)/t15-/m0/s1. The van der Waals surface area contributed by atoms with Crippen LogP contribution in [-0.4, -0.2) is 24.4 Å². The molecule has 0 radical (unpaired) electrons. The molecule has 0 aromatic heterocycles. The van der Waals surface area contributed by atoms with Gasteiger partial charge in [0, 0.05) is 18.7 Å². The first-order chi connectivity index (χ1) is 12.6. The molecule has 26 heavy (non-hydrogen) atoms. The lowest BCUT2D eigenvalue weighted by Gasteiger charge is -2.28. The maximum atomic E-state index is 13.7. The molecule has 1 heterocycles. The number of para-hydroxylation sites is 1. The first-order valence-electron chi connectivity index (χ1n) is 8.99. The van der Waals surface area contributed by atoms with Gasteiger partial charge in [0.2, 0.25) is 11.8 Å². The maximum absolute atomic E-state index is 13.7. The molecule has 1 atom stereocenters. The molecule has 2 aromatic rings. The number of aryl methyl sites for hydroxylation is 1. The zero-order chi connectivity index (χ0) is 18.5. The topological polar surface area (TPSA) is 49.4 Å². The minimum atomic E-state index is -0.609. The number of nitrogens with one attached hydrogen (secondary N) is 1. The van der Waals surface area contributed by atoms with Gasteiger partial charge >= 0.3 is 0 Å². The predicted molar refractivity (Wildman–Crippen MR) is 99.4 cm³/mol. The van der Waals surface area contributed by atoms with E-state index in [1.165, 1.54) is 6.07 Å². The summed E-state index contributed by atoms with van der Waals surface area (Å²) in [4.78, 5) is 26.7. The van der Waals surface area contributed by atoms with Crippen LogP contribution in [0.1, 0.15) is 30.9 Å². The summed E-state index contributed by atoms with van der Waals surface area (Å²) < 4.78 is 13.7. The number of benzene rings is 2. The van der Waals surface area contributed by atoms with E-state index in [1.54, 1.807) is 30.0 Å². The monoisotopic (exact) mass is 354 g/mol. The van der Waals surface area contributed by atoms with Gasteiger partial charge in [-0.25, -0.2) is 4.39 Å². The highest BCUT2D eigenvalue weighted by Crippen LogP contribution is 2.28. The fraction of sp³-hybridized carbons (Fsp3) is 0.333. The highest BCUT2D eigenvalue weighted by atomic mass is 19.1. The van der Waals surface area contributed by atoms with E-state index in [-0.39, 0.29) is 17.6 Å². The summed E-state index contributed by atoms with van der Waals surface area (Å²) >= 11 is 0. The lowest BCUT2D eigenvalue weighted by Crippen LogP contribution is -2.48. The van der Waals surface area contributed by atoms with Gasteiger partial charge in [-0.1, -0.05) is 36.4 Å². The van der Waals surface area contributed by atoms with Crippen molar-refractivity contribution in [1.82, 2.24) is 5.32 Å². The lowest BCUT2D eigenvalue weighted by atomic mass is 10.1. The van der Waals surface area contributed by atoms with Crippen molar-refractivity contribution in [1.29, 1.82) is 0 Å². The Morgan fingerprint density at radius 3 is 2.69 bits per heavy atom. The van der Waals surface area contributed by atoms with Crippen LogP contribution in [0, 0.1) is 5.82 Å². The molecular weight excluding hydrogens is 331 g/mol. The number of halogens is 1. The van der Waals surface area contributed by atoms with Gasteiger partial charge in [-0.3, -0.25) is 14.5 Å². The molecule has 2 aromatic carbocycles. The van der Waals surface area contributed by atoms with Crippen molar-refractivity contribution in [2.75, 3.05) is 11.4 Å². The molecule has 0 spiro atoms. The number of nitrogens with zero attached hydrogens (tertiary/aromatic N) is 1. The zero-order valence-electron chi connectivity index (χ0n) is 14.9. The van der Waals surface area contributed by atoms with Crippen molar-refractivity contribution in [2.45, 2.75) is 38.6 Å². The third-order valence-electron chi connectivity index (χ3n) is 4.77. The van der Waals surface area contributed by atoms with E-state index in [2.05, 4.69) is 5.32 Å². The van der Waals surface area contributed by atoms with Crippen molar-refractivity contribution in [3.05, 3.63) is 65.5 Å². The highest BCUT2D eigenvalue weighted by molar-refractivity contribution is 6.01. The summed E-state index contributed by atoms with van der Waals surface area (Å²) in [5.41, 5.74) is 2.47. The molecule has 0 saturated heterocycles. The van der Waals surface area contributed by atoms with E-state index in [9.17, 15) is 14.0 Å². The number of amides is 2. The van der Waals surface area contributed by atoms with Crippen LogP contribution < -0.4 is 10.2 Å². The Balaban J connectivity index is 1.67. The van der Waals surface area contributed by atoms with Gasteiger partial charge in [-0.15, -0.1) is 0 Å². The Hall–Kier alpha value is -2.69. The second-order valence-corrected chi connectivity index (χ2v) is 6.55. The molecule has 4 nitrogen and oxygen atoms in total. The molecule has 136 valence electrons. The molecule has 0 unspecified atom stereocenters. The van der Waals surface area contributed by atoms with Crippen molar-refractivity contribution >= 4 is 17.5 Å². The molecule has 0 aliphatic carbocycles. The Kier molecular flexibility index (Phi) is 5.66. The van der Waals surface area contributed by atoms with Gasteiger partial charge in [0.25, 0.3) is 0 Å². The van der Waals surface area contributed by atoms with E-state index < -0.39 is 6.04 Å². The summed E-state index contributed by atoms with van der Waals surface area (Å²) in [6, 6.07) is 13.6. The van der Waals surface area contributed by atoms with Crippen LogP contribution in [0.5, 0.6) is 0 Å². The summed E-state index contributed by atoms with van der Waals surface area (Å²) in [5.74, 6) is -0.537. The Morgan fingerprint density at radius 2 is 1.88 bits per heavy atom. The second-order valence-electron chi connectivity index (χ2n) is 6.55. The number of fused-ring (bicyclic) bond motifs is 1. The normalized spacial score (nSPS) is 15.2. The summed E-state index contributed by atoms with van der Waals surface area (Å²) in [5, 5.41) is 2.83. The summed E-state index contributed by atoms with van der Waals surface area (Å²) in [6.07, 6.45) is 2.46. The van der Waals surface area contributed by atoms with Crippen molar-refractivity contribution in [2.24, 2.45) is 0 Å². The summed E-state index contributed by atoms with van der Waals surface area (Å²) in [7, 11) is 0. The van der Waals surface area contributed by atoms with E-state index in [4.69, 9.17) is 0 Å². The molecule has 0 fully saturated rings. The smallest absolute Gasteiger partial charge is 0.242 e. The number of hydrogen-bond acceptors (Lipinski definition) is 2. The second kappa shape index (κ2) is 8.13. The molecule has 0 bridgehead atoms. The van der Waals surface area contributed by atoms with Crippen LogP contribution >= 0.6 is 0 Å². The molecule has 2 amide bonds. The number of hydrogen-bond donors (Lipinski definition) is 1. The molecule has 0 saturated carbocycles. The van der Waals surface area contributed by atoms with Gasteiger partial charge in [-0.2, -0.15) is 0 Å². The Labute approximate surface area is 153 Å². The first-order valence-corrected chi connectivity index (χ1v) is 8.99. The molecular formula is C21H23FN2O2. The fourth-order valence-corrected chi connectivity index (χ4v) is 3.35. The fourth-order valence-electron chi connectivity index (χ4n) is 3.35. The van der Waals surface area contributed by atoms with Gasteiger partial charge in [0.15, 0.2) is 0 Å². The minimum absolute atomic E-state index is 0.0355. The van der Waals surface area contributed by atoms with Crippen LogP contribution in [0.25, 0.3) is 0 Å². The number of carbonyl (C=O) groups is 2. The van der Waals surface area contributed by atoms with E-state index in [1.807, 2.05) is 24.3 Å². The van der Waals surface area contributed by atoms with Crippen LogP contribution in [0.15, 0.2) is 48.5 Å². The van der Waals surface area contributed by atoms with Crippen molar-refractivity contribution in [3.63, 3.8) is 0 Å². The highest BCUT2D eigenvalue weighted by Gasteiger charge is 2.30. The third kappa shape index (κ3) is 3.93. The Morgan fingerprint density at radius 1 is 1.15 bits per heavy atom. The van der Waals surface area contributed by atoms with Gasteiger partial charge in [0.05, 0.1) is 0 Å². The quantitative estimate of drug-likeness (QED) is 0.896.